The Balaban J connectivity index is 2.36. The Kier molecular flexibility index (Phi) is 4.10. The van der Waals surface area contributed by atoms with Crippen molar-refractivity contribution in [1.82, 2.24) is 4.98 Å². The normalized spacial score (nSPS) is 10.4. The summed E-state index contributed by atoms with van der Waals surface area (Å²) in [5, 5.41) is 1.37. The number of thioether (sulfide) groups is 1. The lowest BCUT2D eigenvalue weighted by molar-refractivity contribution is 1.26. The maximum Gasteiger partial charge on any atom is 0.152 e. The lowest BCUT2D eigenvalue weighted by Crippen LogP contribution is -1.86. The minimum absolute atomic E-state index is 0.671. The molecule has 0 aliphatic heterocycles. The van der Waals surface area contributed by atoms with E-state index in [1.807, 2.05) is 30.3 Å². The number of hydrogen-bond donors (Lipinski definition) is 1. The topological polar surface area (TPSA) is 38.9 Å². The summed E-state index contributed by atoms with van der Waals surface area (Å²) in [6.45, 7) is 3.68. The van der Waals surface area contributed by atoms with Crippen LogP contribution >= 0.6 is 34.7 Å². The summed E-state index contributed by atoms with van der Waals surface area (Å²) in [7, 11) is 0. The monoisotopic (exact) mass is 282 g/mol. The largest absolute Gasteiger partial charge is 0.389 e. The molecule has 17 heavy (non-hydrogen) atoms. The molecule has 1 aromatic heterocycles. The molecule has 88 valence electrons. The Morgan fingerprint density at radius 2 is 2.24 bits per heavy atom. The van der Waals surface area contributed by atoms with E-state index in [1.165, 1.54) is 11.3 Å². The second-order valence-corrected chi connectivity index (χ2v) is 5.98. The fourth-order valence-electron chi connectivity index (χ4n) is 1.35. The molecule has 0 saturated carbocycles. The van der Waals surface area contributed by atoms with Crippen LogP contribution in [-0.2, 0) is 0 Å². The Morgan fingerprint density at radius 1 is 1.47 bits per heavy atom. The van der Waals surface area contributed by atoms with Crippen molar-refractivity contribution in [1.29, 1.82) is 0 Å². The third kappa shape index (κ3) is 2.83. The number of benzene rings is 1. The number of nitrogens with two attached hydrogens (primary N) is 1. The molecule has 2 N–H and O–H groups in total. The summed E-state index contributed by atoms with van der Waals surface area (Å²) in [6.07, 6.45) is 1.84. The van der Waals surface area contributed by atoms with E-state index in [0.717, 1.165) is 21.3 Å². The quantitative estimate of drug-likeness (QED) is 0.670. The van der Waals surface area contributed by atoms with Gasteiger partial charge in [-0.25, -0.2) is 4.98 Å². The molecule has 0 aliphatic carbocycles. The van der Waals surface area contributed by atoms with E-state index in [1.54, 1.807) is 11.8 Å². The maximum absolute atomic E-state index is 6.13. The average molecular weight is 283 g/mol. The van der Waals surface area contributed by atoms with Gasteiger partial charge in [0.1, 0.15) is 10.7 Å². The van der Waals surface area contributed by atoms with Crippen LogP contribution in [0.5, 0.6) is 0 Å². The van der Waals surface area contributed by atoms with Crippen LogP contribution in [0.1, 0.15) is 0 Å². The van der Waals surface area contributed by atoms with Gasteiger partial charge in [-0.1, -0.05) is 59.0 Å². The van der Waals surface area contributed by atoms with E-state index < -0.39 is 0 Å². The van der Waals surface area contributed by atoms with E-state index in [9.17, 15) is 0 Å². The third-order valence-electron chi connectivity index (χ3n) is 2.09. The minimum atomic E-state index is 0.671. The van der Waals surface area contributed by atoms with Gasteiger partial charge in [0.25, 0.3) is 0 Å². The number of nitrogen functional groups attached to an aromatic ring is 1. The highest BCUT2D eigenvalue weighted by atomic mass is 35.5. The van der Waals surface area contributed by atoms with E-state index >= 15 is 0 Å². The van der Waals surface area contributed by atoms with Gasteiger partial charge in [-0.2, -0.15) is 0 Å². The highest BCUT2D eigenvalue weighted by Crippen LogP contribution is 2.37. The molecule has 5 heteroatoms. The van der Waals surface area contributed by atoms with E-state index in [4.69, 9.17) is 17.3 Å². The van der Waals surface area contributed by atoms with E-state index in [-0.39, 0.29) is 0 Å². The van der Waals surface area contributed by atoms with Crippen LogP contribution in [0.2, 0.25) is 5.02 Å². The predicted molar refractivity (Wildman–Crippen MR) is 77.9 cm³/mol. The van der Waals surface area contributed by atoms with Gasteiger partial charge < -0.3 is 5.73 Å². The van der Waals surface area contributed by atoms with Crippen molar-refractivity contribution < 1.29 is 0 Å². The molecule has 0 spiro atoms. The molecule has 1 aromatic carbocycles. The van der Waals surface area contributed by atoms with Crippen molar-refractivity contribution >= 4 is 39.7 Å². The Bertz CT molecular complexity index is 537. The van der Waals surface area contributed by atoms with Gasteiger partial charge in [0.15, 0.2) is 4.34 Å². The van der Waals surface area contributed by atoms with Crippen LogP contribution in [0, 0.1) is 0 Å². The zero-order chi connectivity index (χ0) is 12.3. The summed E-state index contributed by atoms with van der Waals surface area (Å²) in [4.78, 5) is 4.50. The van der Waals surface area contributed by atoms with Gasteiger partial charge in [-0.15, -0.1) is 6.58 Å². The number of halogens is 1. The van der Waals surface area contributed by atoms with Crippen molar-refractivity contribution in [2.45, 2.75) is 4.34 Å². The molecule has 0 aliphatic rings. The van der Waals surface area contributed by atoms with Crippen molar-refractivity contribution in [3.8, 4) is 11.3 Å². The number of anilines is 1. The highest BCUT2D eigenvalue weighted by molar-refractivity contribution is 8.01. The molecule has 0 amide bonds. The molecule has 0 radical (unpaired) electrons. The number of nitrogens with zero attached hydrogens (tertiary/aromatic N) is 1. The number of thiazole rings is 1. The first-order valence-corrected chi connectivity index (χ1v) is 7.15. The van der Waals surface area contributed by atoms with Crippen LogP contribution in [-0.4, -0.2) is 10.7 Å². The lowest BCUT2D eigenvalue weighted by atomic mass is 10.2. The molecule has 0 fully saturated rings. The fraction of sp³-hybridized carbons (Fsp3) is 0.0833. The molecule has 0 bridgehead atoms. The van der Waals surface area contributed by atoms with Crippen LogP contribution in [0.15, 0.2) is 41.3 Å². The molecule has 2 rings (SSSR count). The molecular formula is C12H11ClN2S2. The van der Waals surface area contributed by atoms with Crippen LogP contribution in [0.4, 0.5) is 5.00 Å². The van der Waals surface area contributed by atoms with Gasteiger partial charge in [0, 0.05) is 11.3 Å². The van der Waals surface area contributed by atoms with Gasteiger partial charge in [0.05, 0.1) is 5.02 Å². The SMILES string of the molecule is C=CCSc1nc(-c2ccccc2Cl)c(N)s1. The van der Waals surface area contributed by atoms with Crippen molar-refractivity contribution in [3.05, 3.63) is 41.9 Å². The number of hydrogen-bond acceptors (Lipinski definition) is 4. The lowest BCUT2D eigenvalue weighted by Gasteiger charge is -2.00. The molecule has 0 saturated heterocycles. The van der Waals surface area contributed by atoms with Gasteiger partial charge in [-0.3, -0.25) is 0 Å². The van der Waals surface area contributed by atoms with Crippen LogP contribution in [0.25, 0.3) is 11.3 Å². The number of aromatic nitrogens is 1. The van der Waals surface area contributed by atoms with Gasteiger partial charge >= 0.3 is 0 Å². The smallest absolute Gasteiger partial charge is 0.152 e. The van der Waals surface area contributed by atoms with E-state index in [0.29, 0.717) is 10.0 Å². The van der Waals surface area contributed by atoms with Crippen LogP contribution in [0.3, 0.4) is 0 Å². The standard InChI is InChI=1S/C12H11ClN2S2/c1-2-7-16-12-15-10(11(14)17-12)8-5-3-4-6-9(8)13/h2-6H,1,7,14H2. The Morgan fingerprint density at radius 3 is 2.94 bits per heavy atom. The molecule has 2 nitrogen and oxygen atoms in total. The summed E-state index contributed by atoms with van der Waals surface area (Å²) in [5.41, 5.74) is 7.63. The fourth-order valence-corrected chi connectivity index (χ4v) is 3.28. The molecule has 1 heterocycles. The third-order valence-corrected chi connectivity index (χ3v) is 4.44. The zero-order valence-electron chi connectivity index (χ0n) is 9.02. The Hall–Kier alpha value is -0.970. The van der Waals surface area contributed by atoms with Crippen molar-refractivity contribution in [3.63, 3.8) is 0 Å². The minimum Gasteiger partial charge on any atom is -0.389 e. The Labute approximate surface area is 114 Å². The second-order valence-electron chi connectivity index (χ2n) is 3.27. The molecular weight excluding hydrogens is 272 g/mol. The van der Waals surface area contributed by atoms with Gasteiger partial charge in [0.2, 0.25) is 0 Å². The molecule has 0 atom stereocenters. The summed E-state index contributed by atoms with van der Waals surface area (Å²) >= 11 is 9.23. The number of rotatable bonds is 4. The molecule has 2 aromatic rings. The van der Waals surface area contributed by atoms with E-state index in [2.05, 4.69) is 11.6 Å². The maximum atomic E-state index is 6.13. The summed E-state index contributed by atoms with van der Waals surface area (Å²) in [6, 6.07) is 7.58. The average Bonchev–Trinajstić information content (AvgIpc) is 2.68. The first kappa shape index (κ1) is 12.5. The first-order valence-electron chi connectivity index (χ1n) is 4.97. The van der Waals surface area contributed by atoms with Gasteiger partial charge in [-0.05, 0) is 6.07 Å². The highest BCUT2D eigenvalue weighted by Gasteiger charge is 2.12. The molecule has 0 unspecified atom stereocenters. The summed E-state index contributed by atoms with van der Waals surface area (Å²) < 4.78 is 0.942. The second kappa shape index (κ2) is 5.58. The summed E-state index contributed by atoms with van der Waals surface area (Å²) in [5.74, 6) is 0.828. The zero-order valence-corrected chi connectivity index (χ0v) is 11.4. The first-order chi connectivity index (χ1) is 8.22. The van der Waals surface area contributed by atoms with Crippen molar-refractivity contribution in [2.24, 2.45) is 0 Å². The predicted octanol–water partition coefficient (Wildman–Crippen LogP) is 4.32. The van der Waals surface area contributed by atoms with Crippen molar-refractivity contribution in [2.75, 3.05) is 11.5 Å². The van der Waals surface area contributed by atoms with Crippen LogP contribution < -0.4 is 5.73 Å².